The lowest BCUT2D eigenvalue weighted by Crippen LogP contribution is -2.48. The van der Waals surface area contributed by atoms with E-state index in [2.05, 4.69) is 16.7 Å². The van der Waals surface area contributed by atoms with Gasteiger partial charge in [0.05, 0.1) is 0 Å². The summed E-state index contributed by atoms with van der Waals surface area (Å²) in [7, 11) is 1.94. The van der Waals surface area contributed by atoms with Gasteiger partial charge >= 0.3 is 0 Å². The molecule has 2 saturated heterocycles. The van der Waals surface area contributed by atoms with Crippen LogP contribution >= 0.6 is 0 Å². The van der Waals surface area contributed by atoms with Crippen LogP contribution in [0.5, 0.6) is 0 Å². The standard InChI is InChI=1S/C14H27N3O/c1-4-16-8-5-6-14(10-16)17-9-7-13(11-17)15(3)12(2)18/h13-14H,4-11H2,1-3H3. The molecule has 0 aromatic heterocycles. The summed E-state index contributed by atoms with van der Waals surface area (Å²) in [4.78, 5) is 18.5. The second-order valence-corrected chi connectivity index (χ2v) is 5.76. The first kappa shape index (κ1) is 13.8. The van der Waals surface area contributed by atoms with E-state index in [9.17, 15) is 4.79 Å². The van der Waals surface area contributed by atoms with Gasteiger partial charge in [-0.15, -0.1) is 0 Å². The van der Waals surface area contributed by atoms with Crippen LogP contribution in [0.2, 0.25) is 0 Å². The highest BCUT2D eigenvalue weighted by atomic mass is 16.2. The number of rotatable bonds is 3. The molecule has 4 heteroatoms. The lowest BCUT2D eigenvalue weighted by Gasteiger charge is -2.37. The molecule has 0 spiro atoms. The van der Waals surface area contributed by atoms with E-state index < -0.39 is 0 Å². The molecule has 2 atom stereocenters. The molecule has 0 bridgehead atoms. The van der Waals surface area contributed by atoms with E-state index in [1.54, 1.807) is 6.92 Å². The predicted molar refractivity (Wildman–Crippen MR) is 73.6 cm³/mol. The summed E-state index contributed by atoms with van der Waals surface area (Å²) in [5.74, 6) is 0.195. The van der Waals surface area contributed by atoms with Gasteiger partial charge < -0.3 is 9.80 Å². The number of hydrogen-bond donors (Lipinski definition) is 0. The van der Waals surface area contributed by atoms with Gasteiger partial charge in [0.25, 0.3) is 0 Å². The second kappa shape index (κ2) is 6.02. The number of amides is 1. The molecule has 4 nitrogen and oxygen atoms in total. The summed E-state index contributed by atoms with van der Waals surface area (Å²) < 4.78 is 0. The van der Waals surface area contributed by atoms with Crippen molar-refractivity contribution in [2.24, 2.45) is 0 Å². The van der Waals surface area contributed by atoms with Crippen molar-refractivity contribution < 1.29 is 4.79 Å². The maximum atomic E-state index is 11.4. The molecule has 2 fully saturated rings. The molecule has 0 aliphatic carbocycles. The molecule has 0 N–H and O–H groups in total. The Bertz CT molecular complexity index is 295. The molecule has 2 rings (SSSR count). The molecule has 0 aromatic rings. The summed E-state index contributed by atoms with van der Waals surface area (Å²) in [6.07, 6.45) is 3.79. The zero-order valence-corrected chi connectivity index (χ0v) is 12.1. The van der Waals surface area contributed by atoms with Crippen LogP contribution in [0.25, 0.3) is 0 Å². The molecule has 18 heavy (non-hydrogen) atoms. The van der Waals surface area contributed by atoms with Crippen molar-refractivity contribution in [1.82, 2.24) is 14.7 Å². The quantitative estimate of drug-likeness (QED) is 0.751. The van der Waals surface area contributed by atoms with Crippen molar-refractivity contribution in [1.29, 1.82) is 0 Å². The van der Waals surface area contributed by atoms with Crippen LogP contribution in [-0.2, 0) is 4.79 Å². The third kappa shape index (κ3) is 3.04. The summed E-state index contributed by atoms with van der Waals surface area (Å²) >= 11 is 0. The Balaban J connectivity index is 1.86. The zero-order chi connectivity index (χ0) is 13.1. The normalized spacial score (nSPS) is 30.6. The van der Waals surface area contributed by atoms with Crippen molar-refractivity contribution in [2.75, 3.05) is 39.8 Å². The van der Waals surface area contributed by atoms with Gasteiger partial charge in [-0.25, -0.2) is 0 Å². The van der Waals surface area contributed by atoms with Gasteiger partial charge in [0.15, 0.2) is 0 Å². The van der Waals surface area contributed by atoms with Gasteiger partial charge in [0, 0.05) is 45.7 Å². The number of piperidine rings is 1. The minimum Gasteiger partial charge on any atom is -0.342 e. The minimum atomic E-state index is 0.195. The number of likely N-dealkylation sites (tertiary alicyclic amines) is 2. The van der Waals surface area contributed by atoms with Crippen LogP contribution in [0.3, 0.4) is 0 Å². The van der Waals surface area contributed by atoms with E-state index in [-0.39, 0.29) is 5.91 Å². The Kier molecular flexibility index (Phi) is 4.62. The number of nitrogens with zero attached hydrogens (tertiary/aromatic N) is 3. The van der Waals surface area contributed by atoms with Gasteiger partial charge in [-0.1, -0.05) is 6.92 Å². The Morgan fingerprint density at radius 1 is 1.28 bits per heavy atom. The van der Waals surface area contributed by atoms with Crippen LogP contribution < -0.4 is 0 Å². The van der Waals surface area contributed by atoms with Crippen molar-refractivity contribution in [3.63, 3.8) is 0 Å². The first-order chi connectivity index (χ1) is 8.61. The third-order valence-corrected chi connectivity index (χ3v) is 4.68. The summed E-state index contributed by atoms with van der Waals surface area (Å²) in [5.41, 5.74) is 0. The van der Waals surface area contributed by atoms with Crippen molar-refractivity contribution in [3.05, 3.63) is 0 Å². The van der Waals surface area contributed by atoms with E-state index in [1.807, 2.05) is 11.9 Å². The highest BCUT2D eigenvalue weighted by Crippen LogP contribution is 2.22. The number of carbonyl (C=O) groups is 1. The molecular weight excluding hydrogens is 226 g/mol. The Hall–Kier alpha value is -0.610. The lowest BCUT2D eigenvalue weighted by atomic mass is 10.0. The molecule has 2 unspecified atom stereocenters. The fourth-order valence-corrected chi connectivity index (χ4v) is 3.29. The summed E-state index contributed by atoms with van der Waals surface area (Å²) in [6.45, 7) is 9.79. The van der Waals surface area contributed by atoms with E-state index in [1.165, 1.54) is 32.5 Å². The van der Waals surface area contributed by atoms with Crippen molar-refractivity contribution in [3.8, 4) is 0 Å². The molecule has 0 radical (unpaired) electrons. The molecule has 1 amide bonds. The maximum Gasteiger partial charge on any atom is 0.219 e. The minimum absolute atomic E-state index is 0.195. The lowest BCUT2D eigenvalue weighted by molar-refractivity contribution is -0.129. The smallest absolute Gasteiger partial charge is 0.219 e. The summed E-state index contributed by atoms with van der Waals surface area (Å²) in [6, 6.07) is 1.14. The molecular formula is C14H27N3O. The topological polar surface area (TPSA) is 26.8 Å². The van der Waals surface area contributed by atoms with Crippen molar-refractivity contribution >= 4 is 5.91 Å². The zero-order valence-electron chi connectivity index (χ0n) is 12.1. The average molecular weight is 253 g/mol. The second-order valence-electron chi connectivity index (χ2n) is 5.76. The monoisotopic (exact) mass is 253 g/mol. The summed E-state index contributed by atoms with van der Waals surface area (Å²) in [5, 5.41) is 0. The Morgan fingerprint density at radius 3 is 2.72 bits per heavy atom. The fraction of sp³-hybridized carbons (Fsp3) is 0.929. The highest BCUT2D eigenvalue weighted by molar-refractivity contribution is 5.73. The number of likely N-dealkylation sites (N-methyl/N-ethyl adjacent to an activating group) is 2. The van der Waals surface area contributed by atoms with Crippen LogP contribution in [0.15, 0.2) is 0 Å². The van der Waals surface area contributed by atoms with E-state index in [0.717, 1.165) is 19.5 Å². The van der Waals surface area contributed by atoms with E-state index >= 15 is 0 Å². The van der Waals surface area contributed by atoms with Crippen LogP contribution in [0, 0.1) is 0 Å². The highest BCUT2D eigenvalue weighted by Gasteiger charge is 2.32. The van der Waals surface area contributed by atoms with Crippen LogP contribution in [0.1, 0.15) is 33.1 Å². The van der Waals surface area contributed by atoms with Crippen LogP contribution in [-0.4, -0.2) is 72.5 Å². The van der Waals surface area contributed by atoms with E-state index in [0.29, 0.717) is 12.1 Å². The van der Waals surface area contributed by atoms with E-state index in [4.69, 9.17) is 0 Å². The Morgan fingerprint density at radius 2 is 2.06 bits per heavy atom. The molecule has 0 aromatic carbocycles. The fourth-order valence-electron chi connectivity index (χ4n) is 3.29. The van der Waals surface area contributed by atoms with Gasteiger partial charge in [-0.05, 0) is 32.4 Å². The van der Waals surface area contributed by atoms with Crippen LogP contribution in [0.4, 0.5) is 0 Å². The van der Waals surface area contributed by atoms with Crippen molar-refractivity contribution in [2.45, 2.75) is 45.2 Å². The maximum absolute atomic E-state index is 11.4. The molecule has 104 valence electrons. The SMILES string of the molecule is CCN1CCCC(N2CCC(N(C)C(C)=O)C2)C1. The molecule has 2 heterocycles. The molecule has 2 aliphatic rings. The molecule has 2 aliphatic heterocycles. The van der Waals surface area contributed by atoms with Gasteiger partial charge in [-0.2, -0.15) is 0 Å². The average Bonchev–Trinajstić information content (AvgIpc) is 2.87. The molecule has 0 saturated carbocycles. The third-order valence-electron chi connectivity index (χ3n) is 4.68. The number of carbonyl (C=O) groups excluding carboxylic acids is 1. The first-order valence-corrected chi connectivity index (χ1v) is 7.31. The van der Waals surface area contributed by atoms with Gasteiger partial charge in [-0.3, -0.25) is 9.69 Å². The predicted octanol–water partition coefficient (Wildman–Crippen LogP) is 1.02. The largest absolute Gasteiger partial charge is 0.342 e. The number of hydrogen-bond acceptors (Lipinski definition) is 3. The Labute approximate surface area is 111 Å². The van der Waals surface area contributed by atoms with Gasteiger partial charge in [0.2, 0.25) is 5.91 Å². The first-order valence-electron chi connectivity index (χ1n) is 7.31. The van der Waals surface area contributed by atoms with Gasteiger partial charge in [0.1, 0.15) is 0 Å².